The molecule has 0 amide bonds. The first-order valence-electron chi connectivity index (χ1n) is 7.10. The van der Waals surface area contributed by atoms with E-state index in [9.17, 15) is 4.79 Å². The summed E-state index contributed by atoms with van der Waals surface area (Å²) in [6.45, 7) is 13.8. The molecule has 0 spiro atoms. The second-order valence-corrected chi connectivity index (χ2v) is 17.2. The molecule has 2 aliphatic rings. The minimum absolute atomic E-state index is 0. The van der Waals surface area contributed by atoms with Crippen LogP contribution in [-0.2, 0) is 21.9 Å². The number of rotatable bonds is 3. The summed E-state index contributed by atoms with van der Waals surface area (Å²) < 4.78 is 0. The molecule has 4 heteroatoms. The van der Waals surface area contributed by atoms with E-state index in [1.165, 1.54) is 11.1 Å². The van der Waals surface area contributed by atoms with Crippen molar-refractivity contribution < 1.29 is 21.9 Å². The molecule has 0 heterocycles. The fourth-order valence-corrected chi connectivity index (χ4v) is 5.54. The first-order valence-corrected chi connectivity index (χ1v) is 14.1. The summed E-state index contributed by atoms with van der Waals surface area (Å²) in [5.74, 6) is 1.01. The number of hydrogen-bond donors (Lipinski definition) is 0. The third-order valence-electron chi connectivity index (χ3n) is 3.29. The number of carbonyl (C=O) groups excluding carboxylic acids is 1. The quantitative estimate of drug-likeness (QED) is 0.548. The minimum Gasteiger partial charge on any atom is -0.303 e. The van der Waals surface area contributed by atoms with Gasteiger partial charge >= 0.3 is 17.1 Å². The van der Waals surface area contributed by atoms with E-state index in [-0.39, 0.29) is 17.1 Å². The van der Waals surface area contributed by atoms with Gasteiger partial charge in [0.25, 0.3) is 0 Å². The molecule has 1 nitrogen and oxygen atoms in total. The molecule has 10 radical (unpaired) electrons. The number of carbonyl (C=O) groups is 1. The van der Waals surface area contributed by atoms with Crippen LogP contribution in [0.1, 0.15) is 0 Å². The molecule has 0 aliphatic heterocycles. The Morgan fingerprint density at radius 1 is 0.714 bits per heavy atom. The monoisotopic (exact) mass is 358 g/mol. The maximum Gasteiger partial charge on any atom is 2.00 e. The topological polar surface area (TPSA) is 17.1 Å². The Morgan fingerprint density at radius 3 is 1.19 bits per heavy atom. The Hall–Kier alpha value is 0.623. The second-order valence-electron chi connectivity index (χ2n) is 7.15. The molecule has 0 bridgehead atoms. The summed E-state index contributed by atoms with van der Waals surface area (Å²) in [6, 6.07) is 0. The van der Waals surface area contributed by atoms with Crippen molar-refractivity contribution in [1.29, 1.82) is 0 Å². The van der Waals surface area contributed by atoms with Crippen molar-refractivity contribution >= 4 is 22.4 Å². The van der Waals surface area contributed by atoms with Crippen LogP contribution in [0.4, 0.5) is 0 Å². The molecule has 0 atom stereocenters. The minimum atomic E-state index is -1.37. The Kier molecular flexibility index (Phi) is 9.32. The van der Waals surface area contributed by atoms with E-state index in [1.807, 2.05) is 32.1 Å². The Balaban J connectivity index is 0.000000562. The Bertz CT molecular complexity index is 273. The molecule has 0 aromatic carbocycles. The Morgan fingerprint density at radius 2 is 1.00 bits per heavy atom. The van der Waals surface area contributed by atoms with E-state index in [2.05, 4.69) is 52.1 Å². The van der Waals surface area contributed by atoms with Crippen LogP contribution in [0.5, 0.6) is 0 Å². The van der Waals surface area contributed by atoms with Crippen LogP contribution >= 0.6 is 0 Å². The normalized spacial score (nSPS) is 21.6. The second kappa shape index (κ2) is 9.05. The molecule has 2 fully saturated rings. The van der Waals surface area contributed by atoms with Crippen molar-refractivity contribution in [3.8, 4) is 0 Å². The summed E-state index contributed by atoms with van der Waals surface area (Å²) in [7, 11) is -2.73. The smallest absolute Gasteiger partial charge is 0.303 e. The predicted octanol–water partition coefficient (Wildman–Crippen LogP) is 4.10. The van der Waals surface area contributed by atoms with Gasteiger partial charge in [-0.25, -0.2) is 0 Å². The van der Waals surface area contributed by atoms with Crippen LogP contribution < -0.4 is 0 Å². The van der Waals surface area contributed by atoms with Crippen LogP contribution in [0.2, 0.25) is 39.3 Å². The summed E-state index contributed by atoms with van der Waals surface area (Å²) in [4.78, 5) is 11.2. The molecule has 2 saturated carbocycles. The number of aldehydes is 1. The van der Waals surface area contributed by atoms with Crippen molar-refractivity contribution in [2.75, 3.05) is 0 Å². The summed E-state index contributed by atoms with van der Waals surface area (Å²) in [5.41, 5.74) is 2.66. The van der Waals surface area contributed by atoms with Gasteiger partial charge in [0, 0.05) is 5.92 Å². The van der Waals surface area contributed by atoms with Gasteiger partial charge in [0.15, 0.2) is 0 Å². The summed E-state index contributed by atoms with van der Waals surface area (Å²) in [5, 5.41) is 0. The standard InChI is InChI=1S/C12H21OSi2.C5H5.Fe/c1-14(2,3)11-7-8-12(10(11)9-13)15(4,5)6;1-2-4-5-3-1;/h7-9H,1-6H3;1-5H;/q;;+2. The van der Waals surface area contributed by atoms with Crippen LogP contribution in [0.15, 0.2) is 0 Å². The molecule has 0 unspecified atom stereocenters. The van der Waals surface area contributed by atoms with Gasteiger partial charge in [-0.3, -0.25) is 0 Å². The van der Waals surface area contributed by atoms with Gasteiger partial charge in [-0.1, -0.05) is 39.3 Å². The average molecular weight is 358 g/mol. The first-order chi connectivity index (χ1) is 9.18. The van der Waals surface area contributed by atoms with Crippen molar-refractivity contribution in [3.63, 3.8) is 0 Å². The van der Waals surface area contributed by atoms with Gasteiger partial charge in [0.2, 0.25) is 0 Å². The van der Waals surface area contributed by atoms with Crippen LogP contribution in [0, 0.1) is 61.9 Å². The summed E-state index contributed by atoms with van der Waals surface area (Å²) >= 11 is 0. The van der Waals surface area contributed by atoms with E-state index in [0.717, 1.165) is 12.2 Å². The maximum absolute atomic E-state index is 11.2. The molecule has 2 rings (SSSR count). The van der Waals surface area contributed by atoms with Crippen LogP contribution in [0.3, 0.4) is 0 Å². The molecule has 2 aliphatic carbocycles. The van der Waals surface area contributed by atoms with Crippen LogP contribution in [0.25, 0.3) is 0 Å². The largest absolute Gasteiger partial charge is 2.00 e. The molecule has 21 heavy (non-hydrogen) atoms. The van der Waals surface area contributed by atoms with E-state index >= 15 is 0 Å². The van der Waals surface area contributed by atoms with Gasteiger partial charge in [0.1, 0.15) is 6.29 Å². The first kappa shape index (κ1) is 21.6. The summed E-state index contributed by atoms with van der Waals surface area (Å²) in [6.07, 6.45) is 15.4. The van der Waals surface area contributed by atoms with Crippen molar-refractivity contribution in [1.82, 2.24) is 0 Å². The SMILES string of the molecule is C[Si](C)(C)[C]1[CH][CH][C]([Si](C)(C)C)[C]1C=O.[CH]1[CH][CH][CH][CH]1.[Fe+2]. The fraction of sp³-hybridized carbons (Fsp3) is 0.353. The van der Waals surface area contributed by atoms with E-state index in [0.29, 0.717) is 0 Å². The molecule has 114 valence electrons. The molecular weight excluding hydrogens is 332 g/mol. The van der Waals surface area contributed by atoms with Gasteiger partial charge in [-0.15, -0.1) is 0 Å². The zero-order chi connectivity index (χ0) is 15.4. The molecule has 0 aromatic heterocycles. The van der Waals surface area contributed by atoms with Gasteiger partial charge < -0.3 is 4.79 Å². The predicted molar refractivity (Wildman–Crippen MR) is 92.6 cm³/mol. The number of hydrogen-bond acceptors (Lipinski definition) is 1. The third-order valence-corrected chi connectivity index (χ3v) is 7.39. The maximum atomic E-state index is 11.2. The van der Waals surface area contributed by atoms with Gasteiger partial charge in [-0.2, -0.15) is 0 Å². The van der Waals surface area contributed by atoms with Crippen LogP contribution in [-0.4, -0.2) is 22.4 Å². The van der Waals surface area contributed by atoms with E-state index in [1.54, 1.807) is 0 Å². The van der Waals surface area contributed by atoms with Crippen molar-refractivity contribution in [3.05, 3.63) is 61.9 Å². The zero-order valence-corrected chi connectivity index (χ0v) is 17.0. The molecular formula is C17H26FeOSi2+2. The third kappa shape index (κ3) is 6.72. The van der Waals surface area contributed by atoms with E-state index in [4.69, 9.17) is 0 Å². The van der Waals surface area contributed by atoms with E-state index < -0.39 is 16.1 Å². The van der Waals surface area contributed by atoms with Gasteiger partial charge in [0.05, 0.1) is 16.1 Å². The molecule has 0 N–H and O–H groups in total. The average Bonchev–Trinajstić information content (AvgIpc) is 2.99. The fourth-order valence-electron chi connectivity index (χ4n) is 2.25. The van der Waals surface area contributed by atoms with Crippen molar-refractivity contribution in [2.45, 2.75) is 39.3 Å². The van der Waals surface area contributed by atoms with Crippen molar-refractivity contribution in [2.24, 2.45) is 0 Å². The molecule has 0 saturated heterocycles. The molecule has 0 aromatic rings. The Labute approximate surface area is 145 Å². The van der Waals surface area contributed by atoms with Gasteiger partial charge in [-0.05, 0) is 56.0 Å². The zero-order valence-electron chi connectivity index (χ0n) is 13.9.